The smallest absolute Gasteiger partial charge is 0.131 e. The summed E-state index contributed by atoms with van der Waals surface area (Å²) in [5.74, 6) is 7.79. The number of rotatable bonds is 4. The average Bonchev–Trinajstić information content (AvgIpc) is 3.38. The lowest BCUT2D eigenvalue weighted by atomic mass is 10.0. The van der Waals surface area contributed by atoms with Crippen molar-refractivity contribution >= 4 is 0 Å². The van der Waals surface area contributed by atoms with Crippen molar-refractivity contribution in [3.63, 3.8) is 0 Å². The van der Waals surface area contributed by atoms with Crippen LogP contribution in [-0.4, -0.2) is 33.2 Å². The summed E-state index contributed by atoms with van der Waals surface area (Å²) in [7, 11) is 0. The van der Waals surface area contributed by atoms with E-state index >= 15 is 0 Å². The second-order valence-electron chi connectivity index (χ2n) is 7.01. The normalized spacial score (nSPS) is 18.0. The summed E-state index contributed by atoms with van der Waals surface area (Å²) in [5.41, 5.74) is 3.96. The molecule has 1 aliphatic carbocycles. The first-order valence-electron chi connectivity index (χ1n) is 9.30. The van der Waals surface area contributed by atoms with E-state index in [-0.39, 0.29) is 0 Å². The molecule has 130 valence electrons. The molecule has 0 aromatic carbocycles. The van der Waals surface area contributed by atoms with E-state index in [2.05, 4.69) is 40.1 Å². The Labute approximate surface area is 148 Å². The number of aromatic nitrogens is 4. The van der Waals surface area contributed by atoms with Gasteiger partial charge in [0.05, 0.1) is 11.9 Å². The van der Waals surface area contributed by atoms with Gasteiger partial charge in [0.1, 0.15) is 5.69 Å². The summed E-state index contributed by atoms with van der Waals surface area (Å²) in [5, 5.41) is 8.67. The van der Waals surface area contributed by atoms with Gasteiger partial charge in [0, 0.05) is 37.4 Å². The van der Waals surface area contributed by atoms with Gasteiger partial charge in [-0.05, 0) is 49.7 Å². The Balaban J connectivity index is 1.51. The van der Waals surface area contributed by atoms with E-state index in [1.165, 1.54) is 18.4 Å². The molecule has 0 amide bonds. The maximum Gasteiger partial charge on any atom is 0.131 e. The second-order valence-corrected chi connectivity index (χ2v) is 7.01. The van der Waals surface area contributed by atoms with Gasteiger partial charge >= 0.3 is 0 Å². The van der Waals surface area contributed by atoms with E-state index < -0.39 is 0 Å². The highest BCUT2D eigenvalue weighted by atomic mass is 16.5. The molecule has 1 aliphatic heterocycles. The molecular weight excluding hydrogens is 312 g/mol. The highest BCUT2D eigenvalue weighted by molar-refractivity contribution is 5.59. The third-order valence-corrected chi connectivity index (χ3v) is 4.91. The largest absolute Gasteiger partial charge is 0.381 e. The zero-order valence-electron chi connectivity index (χ0n) is 14.7. The van der Waals surface area contributed by atoms with Gasteiger partial charge in [0.25, 0.3) is 0 Å². The molecule has 3 heterocycles. The van der Waals surface area contributed by atoms with E-state index in [0.29, 0.717) is 11.8 Å². The Morgan fingerprint density at radius 2 is 2.08 bits per heavy atom. The van der Waals surface area contributed by atoms with Gasteiger partial charge in [-0.25, -0.2) is 0 Å². The lowest BCUT2D eigenvalue weighted by Gasteiger charge is -2.21. The van der Waals surface area contributed by atoms with E-state index in [9.17, 15) is 0 Å². The van der Waals surface area contributed by atoms with Crippen LogP contribution in [0.1, 0.15) is 43.7 Å². The van der Waals surface area contributed by atoms with Crippen molar-refractivity contribution in [3.05, 3.63) is 29.6 Å². The summed E-state index contributed by atoms with van der Waals surface area (Å²) in [4.78, 5) is 4.64. The van der Waals surface area contributed by atoms with Crippen LogP contribution in [0.4, 0.5) is 0 Å². The maximum atomic E-state index is 5.43. The Morgan fingerprint density at radius 1 is 1.24 bits per heavy atom. The number of pyridine rings is 1. The highest BCUT2D eigenvalue weighted by Gasteiger charge is 2.18. The first-order chi connectivity index (χ1) is 12.3. The molecule has 0 bridgehead atoms. The predicted octanol–water partition coefficient (Wildman–Crippen LogP) is 3.09. The van der Waals surface area contributed by atoms with Crippen molar-refractivity contribution < 1.29 is 4.74 Å². The van der Waals surface area contributed by atoms with Crippen LogP contribution in [0.3, 0.4) is 0 Å². The Bertz CT molecular complexity index is 792. The minimum atomic E-state index is 0.606. The number of aryl methyl sites for hydroxylation is 1. The Kier molecular flexibility index (Phi) is 4.80. The molecule has 0 radical (unpaired) electrons. The molecule has 1 saturated carbocycles. The van der Waals surface area contributed by atoms with Gasteiger partial charge in [-0.3, -0.25) is 9.67 Å². The fourth-order valence-electron chi connectivity index (χ4n) is 3.18. The number of nitrogens with zero attached hydrogens (tertiary/aromatic N) is 4. The van der Waals surface area contributed by atoms with Gasteiger partial charge in [-0.15, -0.1) is 5.10 Å². The summed E-state index contributed by atoms with van der Waals surface area (Å²) in [6.45, 7) is 4.77. The zero-order chi connectivity index (χ0) is 17.1. The minimum absolute atomic E-state index is 0.606. The van der Waals surface area contributed by atoms with Crippen LogP contribution in [0, 0.1) is 23.7 Å². The molecule has 1 saturated heterocycles. The van der Waals surface area contributed by atoms with Crippen LogP contribution >= 0.6 is 0 Å². The van der Waals surface area contributed by atoms with Gasteiger partial charge in [0.15, 0.2) is 0 Å². The van der Waals surface area contributed by atoms with Gasteiger partial charge in [-0.2, -0.15) is 0 Å². The minimum Gasteiger partial charge on any atom is -0.381 e. The van der Waals surface area contributed by atoms with Crippen molar-refractivity contribution in [1.82, 2.24) is 20.0 Å². The first kappa shape index (κ1) is 16.3. The Morgan fingerprint density at radius 3 is 2.84 bits per heavy atom. The highest BCUT2D eigenvalue weighted by Crippen LogP contribution is 2.28. The van der Waals surface area contributed by atoms with Crippen LogP contribution in [-0.2, 0) is 17.7 Å². The number of ether oxygens (including phenoxy) is 1. The fourth-order valence-corrected chi connectivity index (χ4v) is 3.18. The van der Waals surface area contributed by atoms with Gasteiger partial charge in [-0.1, -0.05) is 24.0 Å². The molecule has 0 spiro atoms. The quantitative estimate of drug-likeness (QED) is 0.805. The van der Waals surface area contributed by atoms with E-state index in [4.69, 9.17) is 4.74 Å². The standard InChI is InChI=1S/C20H24N4O/c1-2-18-11-17(6-5-15-3-4-15)12-21-20(18)19-14-24(23-22-19)13-16-7-9-25-10-8-16/h11-12,14-16H,2-4,7-10,13H2,1H3. The SMILES string of the molecule is CCc1cc(C#CC2CC2)cnc1-c1cn(CC2CCOCC2)nn1. The van der Waals surface area contributed by atoms with Crippen molar-refractivity contribution in [2.24, 2.45) is 11.8 Å². The van der Waals surface area contributed by atoms with E-state index in [0.717, 1.165) is 56.0 Å². The van der Waals surface area contributed by atoms with Crippen molar-refractivity contribution in [2.45, 2.75) is 45.6 Å². The lowest BCUT2D eigenvalue weighted by Crippen LogP contribution is -2.20. The van der Waals surface area contributed by atoms with Gasteiger partial charge < -0.3 is 4.74 Å². The molecule has 2 aromatic heterocycles. The van der Waals surface area contributed by atoms with Crippen LogP contribution in [0.2, 0.25) is 0 Å². The molecule has 0 atom stereocenters. The molecule has 4 rings (SSSR count). The molecule has 2 aliphatic rings. The van der Waals surface area contributed by atoms with Crippen LogP contribution < -0.4 is 0 Å². The zero-order valence-corrected chi connectivity index (χ0v) is 14.7. The van der Waals surface area contributed by atoms with E-state index in [1.807, 2.05) is 17.1 Å². The average molecular weight is 336 g/mol. The number of hydrogen-bond donors (Lipinski definition) is 0. The molecule has 5 heteroatoms. The summed E-state index contributed by atoms with van der Waals surface area (Å²) >= 11 is 0. The third kappa shape index (κ3) is 4.08. The van der Waals surface area contributed by atoms with Crippen molar-refractivity contribution in [1.29, 1.82) is 0 Å². The molecule has 5 nitrogen and oxygen atoms in total. The topological polar surface area (TPSA) is 52.8 Å². The van der Waals surface area contributed by atoms with Crippen LogP contribution in [0.25, 0.3) is 11.4 Å². The third-order valence-electron chi connectivity index (χ3n) is 4.91. The molecule has 0 N–H and O–H groups in total. The predicted molar refractivity (Wildman–Crippen MR) is 95.8 cm³/mol. The molecule has 0 unspecified atom stereocenters. The van der Waals surface area contributed by atoms with Gasteiger partial charge in [0.2, 0.25) is 0 Å². The molecule has 2 fully saturated rings. The molecular formula is C20H24N4O. The number of hydrogen-bond acceptors (Lipinski definition) is 4. The van der Waals surface area contributed by atoms with Crippen LogP contribution in [0.5, 0.6) is 0 Å². The summed E-state index contributed by atoms with van der Waals surface area (Å²) in [6.07, 6.45) is 9.48. The van der Waals surface area contributed by atoms with E-state index in [1.54, 1.807) is 0 Å². The van der Waals surface area contributed by atoms with Crippen molar-refractivity contribution in [3.8, 4) is 23.2 Å². The van der Waals surface area contributed by atoms with Crippen molar-refractivity contribution in [2.75, 3.05) is 13.2 Å². The van der Waals surface area contributed by atoms with Crippen LogP contribution in [0.15, 0.2) is 18.5 Å². The fraction of sp³-hybridized carbons (Fsp3) is 0.550. The lowest BCUT2D eigenvalue weighted by molar-refractivity contribution is 0.0600. The molecule has 2 aromatic rings. The Hall–Kier alpha value is -2.19. The maximum absolute atomic E-state index is 5.43. The summed E-state index contributed by atoms with van der Waals surface area (Å²) in [6, 6.07) is 2.15. The molecule has 25 heavy (non-hydrogen) atoms. The second kappa shape index (κ2) is 7.37. The first-order valence-corrected chi connectivity index (χ1v) is 9.30. The summed E-state index contributed by atoms with van der Waals surface area (Å²) < 4.78 is 7.38. The monoisotopic (exact) mass is 336 g/mol.